The van der Waals surface area contributed by atoms with Crippen LogP contribution in [0.2, 0.25) is 0 Å². The molecule has 1 aromatic carbocycles. The zero-order valence-corrected chi connectivity index (χ0v) is 12.4. The van der Waals surface area contributed by atoms with Gasteiger partial charge in [0, 0.05) is 18.3 Å². The maximum Gasteiger partial charge on any atom is 0.238 e. The van der Waals surface area contributed by atoms with Crippen molar-refractivity contribution in [2.75, 3.05) is 25.0 Å². The zero-order chi connectivity index (χ0) is 13.8. The van der Waals surface area contributed by atoms with Gasteiger partial charge in [0.1, 0.15) is 5.82 Å². The number of piperidine rings is 1. The average molecular weight is 302 g/mol. The Morgan fingerprint density at radius 2 is 2.30 bits per heavy atom. The maximum absolute atomic E-state index is 13.4. The highest BCUT2D eigenvalue weighted by atomic mass is 35.5. The lowest BCUT2D eigenvalue weighted by Crippen LogP contribution is -2.45. The number of hydrogen-bond donors (Lipinski definition) is 2. The van der Waals surface area contributed by atoms with Gasteiger partial charge in [0.2, 0.25) is 5.91 Å². The molecule has 112 valence electrons. The number of carbonyl (C=O) groups is 1. The van der Waals surface area contributed by atoms with Crippen molar-refractivity contribution in [1.29, 1.82) is 0 Å². The van der Waals surface area contributed by atoms with Gasteiger partial charge in [0.05, 0.1) is 6.54 Å². The normalized spacial score (nSPS) is 19.2. The average Bonchev–Trinajstić information content (AvgIpc) is 2.34. The number of hydrogen-bond acceptors (Lipinski definition) is 3. The SMILES string of the molecule is Cc1ccc(NC(=O)CN2CCC[C@@H](N)C2)cc1F.Cl. The predicted molar refractivity (Wildman–Crippen MR) is 80.7 cm³/mol. The third-order valence-corrected chi connectivity index (χ3v) is 3.36. The molecule has 1 amide bonds. The number of carbonyl (C=O) groups excluding carboxylic acids is 1. The van der Waals surface area contributed by atoms with Gasteiger partial charge >= 0.3 is 0 Å². The van der Waals surface area contributed by atoms with Gasteiger partial charge in [-0.15, -0.1) is 12.4 Å². The van der Waals surface area contributed by atoms with Crippen molar-refractivity contribution in [1.82, 2.24) is 4.90 Å². The number of halogens is 2. The van der Waals surface area contributed by atoms with Crippen LogP contribution < -0.4 is 11.1 Å². The highest BCUT2D eigenvalue weighted by Gasteiger charge is 2.18. The van der Waals surface area contributed by atoms with Crippen LogP contribution in [-0.4, -0.2) is 36.5 Å². The molecule has 1 aromatic rings. The molecule has 0 saturated carbocycles. The Balaban J connectivity index is 0.00000200. The second-order valence-corrected chi connectivity index (χ2v) is 5.15. The Morgan fingerprint density at radius 1 is 1.55 bits per heavy atom. The molecule has 0 unspecified atom stereocenters. The van der Waals surface area contributed by atoms with Crippen LogP contribution in [0.4, 0.5) is 10.1 Å². The van der Waals surface area contributed by atoms with E-state index in [1.54, 1.807) is 19.1 Å². The summed E-state index contributed by atoms with van der Waals surface area (Å²) in [6.45, 7) is 3.64. The van der Waals surface area contributed by atoms with Crippen molar-refractivity contribution in [3.8, 4) is 0 Å². The molecule has 0 bridgehead atoms. The molecule has 20 heavy (non-hydrogen) atoms. The van der Waals surface area contributed by atoms with E-state index in [1.165, 1.54) is 6.07 Å². The first kappa shape index (κ1) is 16.9. The number of nitrogens with one attached hydrogen (secondary N) is 1. The fourth-order valence-corrected chi connectivity index (χ4v) is 2.31. The molecule has 0 aromatic heterocycles. The second kappa shape index (κ2) is 7.57. The molecule has 1 fully saturated rings. The lowest BCUT2D eigenvalue weighted by molar-refractivity contribution is -0.117. The molecule has 2 rings (SSSR count). The minimum atomic E-state index is -0.308. The second-order valence-electron chi connectivity index (χ2n) is 5.15. The van der Waals surface area contributed by atoms with E-state index in [0.29, 0.717) is 17.8 Å². The van der Waals surface area contributed by atoms with Crippen molar-refractivity contribution >= 4 is 24.0 Å². The van der Waals surface area contributed by atoms with E-state index in [4.69, 9.17) is 5.73 Å². The number of benzene rings is 1. The fraction of sp³-hybridized carbons (Fsp3) is 0.500. The molecule has 3 N–H and O–H groups in total. The predicted octanol–water partition coefficient (Wildman–Crippen LogP) is 1.92. The Kier molecular flexibility index (Phi) is 6.39. The van der Waals surface area contributed by atoms with Gasteiger partial charge in [0.15, 0.2) is 0 Å². The van der Waals surface area contributed by atoms with Crippen LogP contribution in [0.15, 0.2) is 18.2 Å². The fourth-order valence-electron chi connectivity index (χ4n) is 2.31. The quantitative estimate of drug-likeness (QED) is 0.897. The van der Waals surface area contributed by atoms with Gasteiger partial charge in [0.25, 0.3) is 0 Å². The molecule has 0 radical (unpaired) electrons. The van der Waals surface area contributed by atoms with Crippen LogP contribution in [0.1, 0.15) is 18.4 Å². The van der Waals surface area contributed by atoms with Gasteiger partial charge < -0.3 is 11.1 Å². The Morgan fingerprint density at radius 3 is 2.95 bits per heavy atom. The Labute approximate surface area is 124 Å². The van der Waals surface area contributed by atoms with Gasteiger partial charge in [-0.05, 0) is 44.0 Å². The summed E-state index contributed by atoms with van der Waals surface area (Å²) in [7, 11) is 0. The topological polar surface area (TPSA) is 58.4 Å². The van der Waals surface area contributed by atoms with Gasteiger partial charge in [-0.3, -0.25) is 9.69 Å². The van der Waals surface area contributed by atoms with E-state index in [-0.39, 0.29) is 30.2 Å². The van der Waals surface area contributed by atoms with E-state index < -0.39 is 0 Å². The van der Waals surface area contributed by atoms with Gasteiger partial charge in [-0.1, -0.05) is 6.07 Å². The molecule has 1 heterocycles. The number of likely N-dealkylation sites (tertiary alicyclic amines) is 1. The summed E-state index contributed by atoms with van der Waals surface area (Å²) in [4.78, 5) is 13.9. The number of anilines is 1. The van der Waals surface area contributed by atoms with Crippen molar-refractivity contribution in [2.45, 2.75) is 25.8 Å². The minimum absolute atomic E-state index is 0. The summed E-state index contributed by atoms with van der Waals surface area (Å²) in [6, 6.07) is 4.85. The summed E-state index contributed by atoms with van der Waals surface area (Å²) in [5.41, 5.74) is 6.93. The highest BCUT2D eigenvalue weighted by Crippen LogP contribution is 2.14. The van der Waals surface area contributed by atoms with E-state index in [2.05, 4.69) is 5.32 Å². The van der Waals surface area contributed by atoms with Crippen LogP contribution in [0.3, 0.4) is 0 Å². The van der Waals surface area contributed by atoms with E-state index >= 15 is 0 Å². The van der Waals surface area contributed by atoms with Crippen LogP contribution in [0, 0.1) is 12.7 Å². The monoisotopic (exact) mass is 301 g/mol. The molecular formula is C14H21ClFN3O. The number of rotatable bonds is 3. The molecule has 1 aliphatic rings. The highest BCUT2D eigenvalue weighted by molar-refractivity contribution is 5.92. The maximum atomic E-state index is 13.4. The summed E-state index contributed by atoms with van der Waals surface area (Å²) < 4.78 is 13.4. The van der Waals surface area contributed by atoms with Crippen molar-refractivity contribution in [3.05, 3.63) is 29.6 Å². The lowest BCUT2D eigenvalue weighted by Gasteiger charge is -2.29. The Hall–Kier alpha value is -1.17. The van der Waals surface area contributed by atoms with Crippen molar-refractivity contribution < 1.29 is 9.18 Å². The molecule has 1 aliphatic heterocycles. The van der Waals surface area contributed by atoms with Crippen LogP contribution in [0.25, 0.3) is 0 Å². The molecule has 4 nitrogen and oxygen atoms in total. The largest absolute Gasteiger partial charge is 0.327 e. The first-order chi connectivity index (χ1) is 9.04. The molecule has 0 aliphatic carbocycles. The van der Waals surface area contributed by atoms with E-state index in [1.807, 2.05) is 4.90 Å². The molecular weight excluding hydrogens is 281 g/mol. The van der Waals surface area contributed by atoms with E-state index in [9.17, 15) is 9.18 Å². The molecule has 0 spiro atoms. The first-order valence-corrected chi connectivity index (χ1v) is 6.58. The molecule has 6 heteroatoms. The summed E-state index contributed by atoms with van der Waals surface area (Å²) >= 11 is 0. The van der Waals surface area contributed by atoms with Gasteiger partial charge in [-0.2, -0.15) is 0 Å². The lowest BCUT2D eigenvalue weighted by atomic mass is 10.1. The summed E-state index contributed by atoms with van der Waals surface area (Å²) in [5, 5.41) is 2.71. The number of amides is 1. The first-order valence-electron chi connectivity index (χ1n) is 6.58. The molecule has 1 atom stereocenters. The van der Waals surface area contributed by atoms with Gasteiger partial charge in [-0.25, -0.2) is 4.39 Å². The molecule has 1 saturated heterocycles. The summed E-state index contributed by atoms with van der Waals surface area (Å²) in [5.74, 6) is -0.435. The van der Waals surface area contributed by atoms with Crippen molar-refractivity contribution in [2.24, 2.45) is 5.73 Å². The smallest absolute Gasteiger partial charge is 0.238 e. The standard InChI is InChI=1S/C14H20FN3O.ClH/c1-10-4-5-12(7-13(10)15)17-14(19)9-18-6-2-3-11(16)8-18;/h4-5,7,11H,2-3,6,8-9,16H2,1H3,(H,17,19);1H/t11-;/m1./s1. The summed E-state index contributed by atoms with van der Waals surface area (Å²) in [6.07, 6.45) is 2.04. The number of nitrogens with two attached hydrogens (primary N) is 1. The van der Waals surface area contributed by atoms with Crippen LogP contribution in [0.5, 0.6) is 0 Å². The van der Waals surface area contributed by atoms with Crippen molar-refractivity contribution in [3.63, 3.8) is 0 Å². The minimum Gasteiger partial charge on any atom is -0.327 e. The van der Waals surface area contributed by atoms with Crippen LogP contribution in [-0.2, 0) is 4.79 Å². The Bertz CT molecular complexity index is 470. The number of aryl methyl sites for hydroxylation is 1. The van der Waals surface area contributed by atoms with Crippen LogP contribution >= 0.6 is 12.4 Å². The zero-order valence-electron chi connectivity index (χ0n) is 11.6. The number of nitrogens with zero attached hydrogens (tertiary/aromatic N) is 1. The third kappa shape index (κ3) is 4.74. The van der Waals surface area contributed by atoms with E-state index in [0.717, 1.165) is 25.9 Å². The third-order valence-electron chi connectivity index (χ3n) is 3.36.